The molecule has 2 rings (SSSR count). The van der Waals surface area contributed by atoms with Crippen molar-refractivity contribution in [1.82, 2.24) is 10.3 Å². The minimum absolute atomic E-state index is 0.334. The second-order valence-corrected chi connectivity index (χ2v) is 4.81. The van der Waals surface area contributed by atoms with Crippen LogP contribution in [0.4, 0.5) is 4.39 Å². The Morgan fingerprint density at radius 3 is 2.86 bits per heavy atom. The topological polar surface area (TPSA) is 36.9 Å². The van der Waals surface area contributed by atoms with Gasteiger partial charge in [-0.1, -0.05) is 18.7 Å². The lowest BCUT2D eigenvalue weighted by Crippen LogP contribution is -2.54. The van der Waals surface area contributed by atoms with Gasteiger partial charge in [-0.15, -0.1) is 0 Å². The molecule has 4 nitrogen and oxygen atoms in total. The van der Waals surface area contributed by atoms with E-state index in [4.69, 9.17) is 4.74 Å². The molecule has 0 radical (unpaired) electrons. The Morgan fingerprint density at radius 2 is 2.29 bits per heavy atom. The second kappa shape index (κ2) is 7.04. The quantitative estimate of drug-likeness (QED) is 0.495. The summed E-state index contributed by atoms with van der Waals surface area (Å²) >= 11 is 0. The molecular weight excluding hydrogens is 269 g/mol. The fourth-order valence-electron chi connectivity index (χ4n) is 2.00. The predicted molar refractivity (Wildman–Crippen MR) is 83.2 cm³/mol. The molecule has 0 amide bonds. The fourth-order valence-corrected chi connectivity index (χ4v) is 2.00. The molecule has 5 heteroatoms. The maximum Gasteiger partial charge on any atom is 0.131 e. The Bertz CT molecular complexity index is 565. The van der Waals surface area contributed by atoms with Crippen LogP contribution in [0.3, 0.4) is 0 Å². The van der Waals surface area contributed by atoms with E-state index in [2.05, 4.69) is 17.0 Å². The Balaban J connectivity index is 2.37. The van der Waals surface area contributed by atoms with E-state index in [1.165, 1.54) is 19.2 Å². The molecule has 0 saturated carbocycles. The first-order chi connectivity index (χ1) is 10.2. The molecular formula is C16H20FN3O. The number of hydrogen-bond donors (Lipinski definition) is 1. The first-order valence-corrected chi connectivity index (χ1v) is 6.81. The van der Waals surface area contributed by atoms with Crippen molar-refractivity contribution in [2.75, 3.05) is 27.2 Å². The predicted octanol–water partition coefficient (Wildman–Crippen LogP) is 2.18. The van der Waals surface area contributed by atoms with Gasteiger partial charge < -0.3 is 10.1 Å². The summed E-state index contributed by atoms with van der Waals surface area (Å²) in [6.07, 6.45) is 5.32. The number of likely N-dealkylation sites (N-methyl/N-ethyl adjacent to an activating group) is 1. The van der Waals surface area contributed by atoms with Crippen LogP contribution in [0.15, 0.2) is 48.1 Å². The molecule has 21 heavy (non-hydrogen) atoms. The molecule has 0 aromatic heterocycles. The zero-order valence-electron chi connectivity index (χ0n) is 12.3. The summed E-state index contributed by atoms with van der Waals surface area (Å²) in [5, 5.41) is 9.75. The van der Waals surface area contributed by atoms with Crippen LogP contribution in [-0.4, -0.2) is 44.0 Å². The average molecular weight is 289 g/mol. The highest BCUT2D eigenvalue weighted by Crippen LogP contribution is 2.21. The van der Waals surface area contributed by atoms with E-state index in [1.807, 2.05) is 18.1 Å². The number of hydrogen-bond acceptors (Lipinski definition) is 4. The minimum Gasteiger partial charge on any atom is -0.496 e. The summed E-state index contributed by atoms with van der Waals surface area (Å²) in [7, 11) is 3.45. The third-order valence-electron chi connectivity index (χ3n) is 3.38. The summed E-state index contributed by atoms with van der Waals surface area (Å²) in [5.41, 5.74) is 1.46. The normalized spacial score (nSPS) is 15.9. The van der Waals surface area contributed by atoms with Gasteiger partial charge in [-0.2, -0.15) is 5.10 Å². The highest BCUT2D eigenvalue weighted by molar-refractivity contribution is 6.10. The summed E-state index contributed by atoms with van der Waals surface area (Å²) < 4.78 is 18.6. The smallest absolute Gasteiger partial charge is 0.131 e. The van der Waals surface area contributed by atoms with Gasteiger partial charge in [0.2, 0.25) is 0 Å². The van der Waals surface area contributed by atoms with E-state index >= 15 is 0 Å². The lowest BCUT2D eigenvalue weighted by molar-refractivity contribution is 0.187. The average Bonchev–Trinajstić information content (AvgIpc) is 2.41. The van der Waals surface area contributed by atoms with E-state index in [-0.39, 0.29) is 5.82 Å². The Labute approximate surface area is 124 Å². The van der Waals surface area contributed by atoms with Gasteiger partial charge in [0.05, 0.1) is 18.9 Å². The van der Waals surface area contributed by atoms with Gasteiger partial charge in [0, 0.05) is 31.8 Å². The third kappa shape index (κ3) is 3.70. The van der Waals surface area contributed by atoms with Crippen LogP contribution >= 0.6 is 0 Å². The van der Waals surface area contributed by atoms with Crippen molar-refractivity contribution >= 4 is 5.71 Å². The van der Waals surface area contributed by atoms with Crippen molar-refractivity contribution in [3.8, 4) is 5.75 Å². The first-order valence-electron chi connectivity index (χ1n) is 6.81. The van der Waals surface area contributed by atoms with Crippen LogP contribution in [0.1, 0.15) is 5.56 Å². The maximum atomic E-state index is 13.3. The maximum absolute atomic E-state index is 13.3. The number of nitrogens with zero attached hydrogens (tertiary/aromatic N) is 2. The molecule has 1 fully saturated rings. The molecule has 1 aromatic carbocycles. The molecule has 0 spiro atoms. The van der Waals surface area contributed by atoms with E-state index in [9.17, 15) is 4.39 Å². The number of halogens is 1. The van der Waals surface area contributed by atoms with Crippen LogP contribution < -0.4 is 10.1 Å². The van der Waals surface area contributed by atoms with Crippen molar-refractivity contribution in [3.63, 3.8) is 0 Å². The number of allylic oxidation sites excluding steroid dienone is 3. The van der Waals surface area contributed by atoms with Gasteiger partial charge in [-0.3, -0.25) is 5.01 Å². The number of rotatable bonds is 6. The molecule has 1 heterocycles. The number of methoxy groups -OCH3 is 1. The molecule has 0 bridgehead atoms. The summed E-state index contributed by atoms with van der Waals surface area (Å²) in [6, 6.07) is 4.81. The monoisotopic (exact) mass is 289 g/mol. The third-order valence-corrected chi connectivity index (χ3v) is 3.38. The molecule has 1 N–H and O–H groups in total. The molecule has 1 saturated heterocycles. The Kier molecular flexibility index (Phi) is 5.11. The van der Waals surface area contributed by atoms with Crippen molar-refractivity contribution in [1.29, 1.82) is 0 Å². The summed E-state index contributed by atoms with van der Waals surface area (Å²) in [4.78, 5) is 0. The standard InChI is InChI=1S/C16H20FN3O/c1-4-5-6-15(19-20(2)13-10-18-11-13)14-8-7-12(17)9-16(14)21-3/h4-9,13,18H,1,10-11H2,2-3H3/b6-5-,19-15+. The van der Waals surface area contributed by atoms with E-state index in [0.717, 1.165) is 18.7 Å². The van der Waals surface area contributed by atoms with Crippen LogP contribution in [0.5, 0.6) is 5.75 Å². The first kappa shape index (κ1) is 15.3. The fraction of sp³-hybridized carbons (Fsp3) is 0.312. The van der Waals surface area contributed by atoms with Crippen molar-refractivity contribution in [2.24, 2.45) is 5.10 Å². The van der Waals surface area contributed by atoms with Gasteiger partial charge in [0.25, 0.3) is 0 Å². The van der Waals surface area contributed by atoms with Crippen molar-refractivity contribution in [3.05, 3.63) is 54.4 Å². The highest BCUT2D eigenvalue weighted by Gasteiger charge is 2.21. The molecule has 0 atom stereocenters. The number of hydrazone groups is 1. The van der Waals surface area contributed by atoms with Gasteiger partial charge in [0.15, 0.2) is 0 Å². The molecule has 1 aromatic rings. The van der Waals surface area contributed by atoms with Crippen molar-refractivity contribution in [2.45, 2.75) is 6.04 Å². The minimum atomic E-state index is -0.334. The number of benzene rings is 1. The Morgan fingerprint density at radius 1 is 1.52 bits per heavy atom. The molecule has 0 unspecified atom stereocenters. The van der Waals surface area contributed by atoms with Gasteiger partial charge in [0.1, 0.15) is 11.6 Å². The largest absolute Gasteiger partial charge is 0.496 e. The molecule has 1 aliphatic rings. The van der Waals surface area contributed by atoms with E-state index in [0.29, 0.717) is 17.5 Å². The summed E-state index contributed by atoms with van der Waals surface area (Å²) in [5.74, 6) is 0.127. The van der Waals surface area contributed by atoms with E-state index < -0.39 is 0 Å². The second-order valence-electron chi connectivity index (χ2n) is 4.81. The van der Waals surface area contributed by atoms with Gasteiger partial charge >= 0.3 is 0 Å². The van der Waals surface area contributed by atoms with Crippen LogP contribution in [0.2, 0.25) is 0 Å². The summed E-state index contributed by atoms with van der Waals surface area (Å²) in [6.45, 7) is 5.50. The van der Waals surface area contributed by atoms with Gasteiger partial charge in [-0.05, 0) is 18.2 Å². The zero-order valence-corrected chi connectivity index (χ0v) is 12.3. The lowest BCUT2D eigenvalue weighted by atomic mass is 10.1. The highest BCUT2D eigenvalue weighted by atomic mass is 19.1. The number of ether oxygens (including phenoxy) is 1. The van der Waals surface area contributed by atoms with E-state index in [1.54, 1.807) is 18.2 Å². The molecule has 112 valence electrons. The lowest BCUT2D eigenvalue weighted by Gasteiger charge is -2.34. The van der Waals surface area contributed by atoms with Gasteiger partial charge in [-0.25, -0.2) is 4.39 Å². The van der Waals surface area contributed by atoms with Crippen LogP contribution in [-0.2, 0) is 0 Å². The van der Waals surface area contributed by atoms with Crippen LogP contribution in [0, 0.1) is 5.82 Å². The SMILES string of the molecule is C=C/C=C\C(=N/N(C)C1CNC1)c1ccc(F)cc1OC. The molecule has 0 aliphatic carbocycles. The molecule has 1 aliphatic heterocycles. The zero-order chi connectivity index (χ0) is 15.2. The Hall–Kier alpha value is -2.14. The van der Waals surface area contributed by atoms with Crippen molar-refractivity contribution < 1.29 is 9.13 Å². The van der Waals surface area contributed by atoms with Crippen LogP contribution in [0.25, 0.3) is 0 Å². The number of nitrogens with one attached hydrogen (secondary N) is 1.